The number of hydrogen-bond donors (Lipinski definition) is 1. The van der Waals surface area contributed by atoms with Gasteiger partial charge in [-0.3, -0.25) is 0 Å². The van der Waals surface area contributed by atoms with E-state index in [1.807, 2.05) is 6.07 Å². The molecule has 0 saturated carbocycles. The Hall–Kier alpha value is -1.29. The topological polar surface area (TPSA) is 87.4 Å². The van der Waals surface area contributed by atoms with Gasteiger partial charge in [0, 0.05) is 6.07 Å². The maximum Gasteiger partial charge on any atom is 0.156 e. The zero-order valence-electron chi connectivity index (χ0n) is 9.21. The molecule has 2 unspecified atom stereocenters. The first-order valence-electron chi connectivity index (χ1n) is 5.16. The lowest BCUT2D eigenvalue weighted by molar-refractivity contribution is 0.0738. The molecule has 2 atom stereocenters. The number of hydrogen-bond acceptors (Lipinski definition) is 5. The summed E-state index contributed by atoms with van der Waals surface area (Å²) < 4.78 is 28.0. The quantitative estimate of drug-likeness (QED) is 0.867. The number of sulfone groups is 1. The number of ether oxygens (including phenoxy) is 1. The van der Waals surface area contributed by atoms with E-state index in [9.17, 15) is 13.5 Å². The first-order chi connectivity index (χ1) is 8.41. The summed E-state index contributed by atoms with van der Waals surface area (Å²) >= 11 is 5.82. The van der Waals surface area contributed by atoms with Crippen LogP contribution >= 0.6 is 11.6 Å². The minimum atomic E-state index is -3.25. The van der Waals surface area contributed by atoms with Crippen LogP contribution in [0.1, 0.15) is 5.56 Å². The van der Waals surface area contributed by atoms with E-state index >= 15 is 0 Å². The van der Waals surface area contributed by atoms with E-state index in [1.165, 1.54) is 18.2 Å². The average Bonchev–Trinajstić information content (AvgIpc) is 2.52. The Kier molecular flexibility index (Phi) is 3.48. The van der Waals surface area contributed by atoms with Crippen molar-refractivity contribution in [2.24, 2.45) is 0 Å². The fourth-order valence-electron chi connectivity index (χ4n) is 1.74. The van der Waals surface area contributed by atoms with Crippen LogP contribution in [0.5, 0.6) is 5.75 Å². The predicted molar refractivity (Wildman–Crippen MR) is 65.2 cm³/mol. The minimum absolute atomic E-state index is 0.216. The summed E-state index contributed by atoms with van der Waals surface area (Å²) in [6.07, 6.45) is -1.83. The molecule has 0 radical (unpaired) electrons. The van der Waals surface area contributed by atoms with Crippen LogP contribution in [0, 0.1) is 11.3 Å². The minimum Gasteiger partial charge on any atom is -0.487 e. The van der Waals surface area contributed by atoms with Crippen molar-refractivity contribution in [1.29, 1.82) is 5.26 Å². The smallest absolute Gasteiger partial charge is 0.156 e. The summed E-state index contributed by atoms with van der Waals surface area (Å²) in [6, 6.07) is 6.33. The van der Waals surface area contributed by atoms with E-state index in [4.69, 9.17) is 21.6 Å². The molecule has 5 nitrogen and oxygen atoms in total. The molecule has 0 aromatic heterocycles. The van der Waals surface area contributed by atoms with Crippen LogP contribution in [0.3, 0.4) is 0 Å². The number of aliphatic hydroxyl groups excluding tert-OH is 1. The number of benzene rings is 1. The standard InChI is InChI=1S/C11H10ClNO4S/c12-9-3-8(2-1-7(9)4-13)17-11-6-18(15,16)5-10(11)14/h1-3,10-11,14H,5-6H2. The van der Waals surface area contributed by atoms with Crippen LogP contribution in [0.25, 0.3) is 0 Å². The summed E-state index contributed by atoms with van der Waals surface area (Å²) in [4.78, 5) is 0. The molecular weight excluding hydrogens is 278 g/mol. The lowest BCUT2D eigenvalue weighted by Gasteiger charge is -2.15. The molecule has 2 rings (SSSR count). The maximum atomic E-state index is 11.3. The summed E-state index contributed by atoms with van der Waals surface area (Å²) in [7, 11) is -3.25. The van der Waals surface area contributed by atoms with E-state index in [-0.39, 0.29) is 16.5 Å². The second-order valence-electron chi connectivity index (χ2n) is 4.05. The van der Waals surface area contributed by atoms with Gasteiger partial charge in [-0.05, 0) is 12.1 Å². The molecule has 1 aliphatic heterocycles. The van der Waals surface area contributed by atoms with Crippen molar-refractivity contribution in [1.82, 2.24) is 0 Å². The van der Waals surface area contributed by atoms with Crippen LogP contribution in [-0.4, -0.2) is 37.2 Å². The summed E-state index contributed by atoms with van der Waals surface area (Å²) in [5, 5.41) is 18.5. The number of nitrogens with zero attached hydrogens (tertiary/aromatic N) is 1. The van der Waals surface area contributed by atoms with Gasteiger partial charge in [-0.15, -0.1) is 0 Å². The second kappa shape index (κ2) is 4.76. The largest absolute Gasteiger partial charge is 0.487 e. The Morgan fingerprint density at radius 3 is 2.67 bits per heavy atom. The van der Waals surface area contributed by atoms with Crippen molar-refractivity contribution < 1.29 is 18.3 Å². The molecule has 7 heteroatoms. The first-order valence-corrected chi connectivity index (χ1v) is 7.36. The molecule has 1 N–H and O–H groups in total. The van der Waals surface area contributed by atoms with Crippen molar-refractivity contribution >= 4 is 21.4 Å². The molecule has 1 fully saturated rings. The Balaban J connectivity index is 2.16. The Labute approximate surface area is 109 Å². The van der Waals surface area contributed by atoms with E-state index < -0.39 is 22.0 Å². The molecule has 1 aliphatic rings. The number of rotatable bonds is 2. The fraction of sp³-hybridized carbons (Fsp3) is 0.364. The van der Waals surface area contributed by atoms with Gasteiger partial charge in [-0.1, -0.05) is 11.6 Å². The zero-order valence-corrected chi connectivity index (χ0v) is 10.8. The van der Waals surface area contributed by atoms with Crippen molar-refractivity contribution in [3.05, 3.63) is 28.8 Å². The van der Waals surface area contributed by atoms with Gasteiger partial charge in [0.25, 0.3) is 0 Å². The van der Waals surface area contributed by atoms with Crippen LogP contribution in [-0.2, 0) is 9.84 Å². The predicted octanol–water partition coefficient (Wildman–Crippen LogP) is 0.748. The van der Waals surface area contributed by atoms with Crippen LogP contribution in [0.15, 0.2) is 18.2 Å². The molecule has 0 spiro atoms. The van der Waals surface area contributed by atoms with E-state index in [2.05, 4.69) is 0 Å². The maximum absolute atomic E-state index is 11.3. The highest BCUT2D eigenvalue weighted by Crippen LogP contribution is 2.25. The normalized spacial score (nSPS) is 25.6. The highest BCUT2D eigenvalue weighted by Gasteiger charge is 2.38. The van der Waals surface area contributed by atoms with Crippen LogP contribution < -0.4 is 4.74 Å². The van der Waals surface area contributed by atoms with Gasteiger partial charge in [0.15, 0.2) is 9.84 Å². The van der Waals surface area contributed by atoms with E-state index in [0.29, 0.717) is 11.3 Å². The average molecular weight is 288 g/mol. The molecule has 18 heavy (non-hydrogen) atoms. The number of nitriles is 1. The van der Waals surface area contributed by atoms with E-state index in [1.54, 1.807) is 0 Å². The molecule has 0 amide bonds. The molecular formula is C11H10ClNO4S. The highest BCUT2D eigenvalue weighted by atomic mass is 35.5. The van der Waals surface area contributed by atoms with Crippen molar-refractivity contribution in [2.75, 3.05) is 11.5 Å². The second-order valence-corrected chi connectivity index (χ2v) is 6.62. The Morgan fingerprint density at radius 1 is 1.44 bits per heavy atom. The molecule has 1 aromatic carbocycles. The van der Waals surface area contributed by atoms with Gasteiger partial charge in [-0.25, -0.2) is 8.42 Å². The Morgan fingerprint density at radius 2 is 2.17 bits per heavy atom. The van der Waals surface area contributed by atoms with Gasteiger partial charge >= 0.3 is 0 Å². The van der Waals surface area contributed by atoms with E-state index in [0.717, 1.165) is 0 Å². The van der Waals surface area contributed by atoms with Crippen molar-refractivity contribution in [2.45, 2.75) is 12.2 Å². The van der Waals surface area contributed by atoms with Gasteiger partial charge in [0.2, 0.25) is 0 Å². The molecule has 96 valence electrons. The highest BCUT2D eigenvalue weighted by molar-refractivity contribution is 7.91. The third-order valence-electron chi connectivity index (χ3n) is 2.62. The van der Waals surface area contributed by atoms with Gasteiger partial charge < -0.3 is 9.84 Å². The lowest BCUT2D eigenvalue weighted by Crippen LogP contribution is -2.29. The summed E-state index contributed by atoms with van der Waals surface area (Å²) in [5.74, 6) is -0.173. The van der Waals surface area contributed by atoms with Crippen LogP contribution in [0.4, 0.5) is 0 Å². The molecule has 1 aromatic rings. The van der Waals surface area contributed by atoms with Gasteiger partial charge in [0.1, 0.15) is 24.0 Å². The molecule has 1 heterocycles. The van der Waals surface area contributed by atoms with Crippen molar-refractivity contribution in [3.8, 4) is 11.8 Å². The third-order valence-corrected chi connectivity index (χ3v) is 4.62. The first kappa shape index (κ1) is 13.1. The number of halogens is 1. The monoisotopic (exact) mass is 287 g/mol. The van der Waals surface area contributed by atoms with Gasteiger partial charge in [0.05, 0.1) is 22.1 Å². The third kappa shape index (κ3) is 2.75. The molecule has 0 aliphatic carbocycles. The molecule has 0 bridgehead atoms. The molecule has 1 saturated heterocycles. The van der Waals surface area contributed by atoms with Crippen LogP contribution in [0.2, 0.25) is 5.02 Å². The summed E-state index contributed by atoms with van der Waals surface area (Å²) in [6.45, 7) is 0. The summed E-state index contributed by atoms with van der Waals surface area (Å²) in [5.41, 5.74) is 0.309. The Bertz CT molecular complexity index is 608. The fourth-order valence-corrected chi connectivity index (χ4v) is 3.62. The SMILES string of the molecule is N#Cc1ccc(OC2CS(=O)(=O)CC2O)cc1Cl. The van der Waals surface area contributed by atoms with Gasteiger partial charge in [-0.2, -0.15) is 5.26 Å². The number of aliphatic hydroxyl groups is 1. The van der Waals surface area contributed by atoms with Crippen molar-refractivity contribution in [3.63, 3.8) is 0 Å². The zero-order chi connectivity index (χ0) is 13.3. The lowest BCUT2D eigenvalue weighted by atomic mass is 10.2.